The van der Waals surface area contributed by atoms with Crippen molar-refractivity contribution in [3.63, 3.8) is 0 Å². The number of H-pyrrole nitrogens is 1. The number of nitrogens with one attached hydrogen (secondary N) is 2. The van der Waals surface area contributed by atoms with Crippen LogP contribution in [0.15, 0.2) is 74.5 Å². The minimum atomic E-state index is -0.585. The Balaban J connectivity index is 1.19. The highest BCUT2D eigenvalue weighted by Crippen LogP contribution is 2.48. The molecule has 6 rings (SSSR count). The molecule has 1 spiro atoms. The van der Waals surface area contributed by atoms with E-state index in [1.165, 1.54) is 5.57 Å². The van der Waals surface area contributed by atoms with Crippen molar-refractivity contribution in [2.24, 2.45) is 5.92 Å². The summed E-state index contributed by atoms with van der Waals surface area (Å²) in [5.41, 5.74) is 4.69. The third-order valence-corrected chi connectivity index (χ3v) is 8.82. The second kappa shape index (κ2) is 11.5. The monoisotopic (exact) mass is 571 g/mol. The van der Waals surface area contributed by atoms with Crippen LogP contribution in [0, 0.1) is 12.8 Å². The highest BCUT2D eigenvalue weighted by molar-refractivity contribution is 5.87. The van der Waals surface area contributed by atoms with Gasteiger partial charge in [0.15, 0.2) is 5.58 Å². The molecule has 2 N–H and O–H groups in total. The van der Waals surface area contributed by atoms with Crippen LogP contribution in [0.4, 0.5) is 10.6 Å². The van der Waals surface area contributed by atoms with E-state index in [0.717, 1.165) is 86.0 Å². The quantitative estimate of drug-likeness (QED) is 0.301. The van der Waals surface area contributed by atoms with Crippen molar-refractivity contribution in [1.82, 2.24) is 9.97 Å². The Morgan fingerprint density at radius 2 is 2.02 bits per heavy atom. The van der Waals surface area contributed by atoms with Gasteiger partial charge in [0.2, 0.25) is 0 Å². The van der Waals surface area contributed by atoms with Crippen molar-refractivity contribution in [3.05, 3.63) is 87.0 Å². The van der Waals surface area contributed by atoms with E-state index in [0.29, 0.717) is 28.6 Å². The normalized spacial score (nSPS) is 22.5. The largest absolute Gasteiger partial charge is 0.501 e. The van der Waals surface area contributed by atoms with Crippen LogP contribution in [0.3, 0.4) is 0 Å². The van der Waals surface area contributed by atoms with Crippen molar-refractivity contribution in [3.8, 4) is 5.75 Å². The van der Waals surface area contributed by atoms with Gasteiger partial charge >= 0.3 is 11.8 Å². The number of ether oxygens (including phenoxy) is 3. The third kappa shape index (κ3) is 5.47. The number of aromatic amines is 1. The molecular weight excluding hydrogens is 534 g/mol. The van der Waals surface area contributed by atoms with E-state index in [1.807, 2.05) is 25.1 Å². The molecule has 2 aliphatic carbocycles. The van der Waals surface area contributed by atoms with Crippen LogP contribution in [0.25, 0.3) is 11.1 Å². The number of amides is 1. The van der Waals surface area contributed by atoms with Crippen molar-refractivity contribution < 1.29 is 23.4 Å². The van der Waals surface area contributed by atoms with Crippen LogP contribution >= 0.6 is 0 Å². The Labute approximate surface area is 244 Å². The number of carbonyl (C=O) groups excluding carboxylic acids is 1. The molecule has 1 fully saturated rings. The maximum absolute atomic E-state index is 12.3. The fourth-order valence-corrected chi connectivity index (χ4v) is 6.63. The van der Waals surface area contributed by atoms with Crippen LogP contribution < -0.4 is 15.8 Å². The Morgan fingerprint density at radius 3 is 2.81 bits per heavy atom. The molecule has 0 radical (unpaired) electrons. The molecule has 9 nitrogen and oxygen atoms in total. The molecule has 0 atom stereocenters. The number of hydrogen-bond donors (Lipinski definition) is 2. The Bertz CT molecular complexity index is 1650. The summed E-state index contributed by atoms with van der Waals surface area (Å²) in [7, 11) is 1.71. The fourth-order valence-electron chi connectivity index (χ4n) is 6.63. The van der Waals surface area contributed by atoms with Crippen molar-refractivity contribution in [2.75, 3.05) is 12.4 Å². The molecule has 1 aromatic carbocycles. The molecule has 220 valence electrons. The van der Waals surface area contributed by atoms with Gasteiger partial charge in [0.1, 0.15) is 28.7 Å². The predicted octanol–water partition coefficient (Wildman–Crippen LogP) is 7.55. The molecule has 3 heterocycles. The maximum Gasteiger partial charge on any atom is 0.417 e. The number of rotatable bonds is 7. The van der Waals surface area contributed by atoms with Crippen LogP contribution in [0.1, 0.15) is 75.8 Å². The van der Waals surface area contributed by atoms with Gasteiger partial charge in [-0.3, -0.25) is 10.3 Å². The molecule has 0 unspecified atom stereocenters. The lowest BCUT2D eigenvalue weighted by atomic mass is 9.73. The number of methoxy groups -OCH3 is 1. The number of pyridine rings is 1. The summed E-state index contributed by atoms with van der Waals surface area (Å²) < 4.78 is 23.5. The number of benzene rings is 1. The number of fused-ring (bicyclic) bond motifs is 3. The van der Waals surface area contributed by atoms with Crippen LogP contribution in [-0.2, 0) is 15.1 Å². The van der Waals surface area contributed by atoms with Gasteiger partial charge in [0, 0.05) is 29.8 Å². The molecule has 1 aliphatic heterocycles. The van der Waals surface area contributed by atoms with Gasteiger partial charge in [0.05, 0.1) is 12.6 Å². The van der Waals surface area contributed by atoms with E-state index >= 15 is 0 Å². The number of allylic oxidation sites excluding steroid dienone is 5. The van der Waals surface area contributed by atoms with Crippen molar-refractivity contribution in [2.45, 2.75) is 77.2 Å². The lowest BCUT2D eigenvalue weighted by molar-refractivity contribution is -0.0297. The van der Waals surface area contributed by atoms with Gasteiger partial charge in [-0.15, -0.1) is 0 Å². The summed E-state index contributed by atoms with van der Waals surface area (Å²) in [6, 6.07) is 7.59. The van der Waals surface area contributed by atoms with Gasteiger partial charge < -0.3 is 18.6 Å². The standard InChI is InChI=1S/C33H37N3O6/c1-4-24-26(39-3)9-5-7-22(18-27(24)40-23-17-20(2)29-28(19-23)41-31(37)35-29)11-10-21-12-14-33(15-13-21)25-8-6-16-34-30(25)36-32(38)42-33/h6-8,16-19,21H,4-5,9-15H2,1-3H3,(H,35,37)(H,34,36,38). The Hall–Kier alpha value is -4.27. The first-order valence-electron chi connectivity index (χ1n) is 14.8. The molecule has 2 aromatic heterocycles. The highest BCUT2D eigenvalue weighted by Gasteiger charge is 2.45. The summed E-state index contributed by atoms with van der Waals surface area (Å²) >= 11 is 0. The summed E-state index contributed by atoms with van der Waals surface area (Å²) in [6.07, 6.45) is 13.7. The number of nitrogens with zero attached hydrogens (tertiary/aromatic N) is 1. The number of anilines is 1. The first kappa shape index (κ1) is 27.9. The number of carbonyl (C=O) groups is 1. The van der Waals surface area contributed by atoms with E-state index in [2.05, 4.69) is 34.4 Å². The highest BCUT2D eigenvalue weighted by atomic mass is 16.6. The average molecular weight is 572 g/mol. The number of aromatic nitrogens is 2. The Kier molecular flexibility index (Phi) is 7.66. The Morgan fingerprint density at radius 1 is 1.19 bits per heavy atom. The minimum absolute atomic E-state index is 0.416. The molecule has 0 saturated heterocycles. The summed E-state index contributed by atoms with van der Waals surface area (Å²) in [5, 5.41) is 2.74. The second-order valence-corrected chi connectivity index (χ2v) is 11.4. The predicted molar refractivity (Wildman–Crippen MR) is 159 cm³/mol. The van der Waals surface area contributed by atoms with Crippen molar-refractivity contribution >= 4 is 23.0 Å². The lowest BCUT2D eigenvalue weighted by Gasteiger charge is -2.42. The van der Waals surface area contributed by atoms with Gasteiger partial charge in [-0.1, -0.05) is 13.0 Å². The SMILES string of the molecule is CCC1=C(OC)CCC=C(CCC2CCC3(CC2)OC(=O)Nc2ncccc23)C=C1Oc1cc(C)c2[nH]c(=O)oc2c1. The third-order valence-electron chi connectivity index (χ3n) is 8.82. The lowest BCUT2D eigenvalue weighted by Crippen LogP contribution is -2.42. The number of oxazole rings is 1. The first-order valence-corrected chi connectivity index (χ1v) is 14.8. The van der Waals surface area contributed by atoms with E-state index in [9.17, 15) is 9.59 Å². The number of aryl methyl sites for hydroxylation is 1. The van der Waals surface area contributed by atoms with E-state index < -0.39 is 17.5 Å². The topological polar surface area (TPSA) is 116 Å². The number of hydrogen-bond acceptors (Lipinski definition) is 7. The molecule has 3 aromatic rings. The van der Waals surface area contributed by atoms with Crippen LogP contribution in [-0.4, -0.2) is 23.2 Å². The van der Waals surface area contributed by atoms with Crippen LogP contribution in [0.2, 0.25) is 0 Å². The molecule has 0 bridgehead atoms. The van der Waals surface area contributed by atoms with Gasteiger partial charge in [-0.25, -0.2) is 14.6 Å². The van der Waals surface area contributed by atoms with E-state index in [4.69, 9.17) is 18.6 Å². The van der Waals surface area contributed by atoms with Gasteiger partial charge in [-0.2, -0.15) is 0 Å². The summed E-state index contributed by atoms with van der Waals surface area (Å²) in [4.78, 5) is 31.2. The molecular formula is C33H37N3O6. The van der Waals surface area contributed by atoms with Gasteiger partial charge in [0.25, 0.3) is 0 Å². The molecule has 42 heavy (non-hydrogen) atoms. The van der Waals surface area contributed by atoms with E-state index in [1.54, 1.807) is 19.4 Å². The fraction of sp³-hybridized carbons (Fsp3) is 0.424. The molecule has 9 heteroatoms. The zero-order chi connectivity index (χ0) is 29.3. The molecule has 3 aliphatic rings. The zero-order valence-electron chi connectivity index (χ0n) is 24.4. The molecule has 1 saturated carbocycles. The summed E-state index contributed by atoms with van der Waals surface area (Å²) in [5.74, 6) is 2.96. The van der Waals surface area contributed by atoms with E-state index in [-0.39, 0.29) is 0 Å². The first-order chi connectivity index (χ1) is 20.4. The average Bonchev–Trinajstić information content (AvgIpc) is 3.35. The minimum Gasteiger partial charge on any atom is -0.501 e. The van der Waals surface area contributed by atoms with Crippen molar-refractivity contribution in [1.29, 1.82) is 0 Å². The maximum atomic E-state index is 12.3. The smallest absolute Gasteiger partial charge is 0.417 e. The van der Waals surface area contributed by atoms with Crippen LogP contribution in [0.5, 0.6) is 5.75 Å². The zero-order valence-corrected chi connectivity index (χ0v) is 24.4. The molecule has 1 amide bonds. The second-order valence-electron chi connectivity index (χ2n) is 11.4. The summed E-state index contributed by atoms with van der Waals surface area (Å²) in [6.45, 7) is 4.03. The van der Waals surface area contributed by atoms with Gasteiger partial charge in [-0.05, 0) is 99.6 Å².